The van der Waals surface area contributed by atoms with Crippen molar-refractivity contribution >= 4 is 33.1 Å². The molecular weight excluding hydrogens is 483 g/mol. The number of ketones is 1. The summed E-state index contributed by atoms with van der Waals surface area (Å²) in [6, 6.07) is 3.73. The van der Waals surface area contributed by atoms with Gasteiger partial charge in [-0.25, -0.2) is 13.8 Å². The molecular formula is C20H21ClF3N5O3S. The standard InChI is InChI=1S/C20H21ClF3N5O3S/c1-10-6-16(29-33(31,32)11-2-3-15(21)14(7-11)20(22,23)24)17(26-8-10)18(30)12-4-5-25-19-13(12)9-27-28-19/h2-3,6-8,12-13,19,25,27-29H,4-5,9H2,1H3. The predicted molar refractivity (Wildman–Crippen MR) is 115 cm³/mol. The summed E-state index contributed by atoms with van der Waals surface area (Å²) < 4.78 is 67.8. The van der Waals surface area contributed by atoms with E-state index in [-0.39, 0.29) is 29.2 Å². The number of pyridine rings is 1. The fraction of sp³-hybridized carbons (Fsp3) is 0.400. The first-order valence-electron chi connectivity index (χ1n) is 10.1. The van der Waals surface area contributed by atoms with Gasteiger partial charge in [0.2, 0.25) is 0 Å². The molecule has 13 heteroatoms. The zero-order chi connectivity index (χ0) is 24.0. The van der Waals surface area contributed by atoms with Crippen LogP contribution < -0.4 is 20.9 Å². The molecule has 0 spiro atoms. The third kappa shape index (κ3) is 4.85. The zero-order valence-electron chi connectivity index (χ0n) is 17.3. The molecule has 3 heterocycles. The number of rotatable bonds is 5. The van der Waals surface area contributed by atoms with Crippen molar-refractivity contribution in [3.8, 4) is 0 Å². The number of fused-ring (bicyclic) bond motifs is 1. The third-order valence-corrected chi connectivity index (χ3v) is 7.45. The maximum atomic E-state index is 13.4. The number of halogens is 4. The number of nitrogens with zero attached hydrogens (tertiary/aromatic N) is 1. The largest absolute Gasteiger partial charge is 0.417 e. The summed E-state index contributed by atoms with van der Waals surface area (Å²) in [4.78, 5) is 16.9. The minimum atomic E-state index is -4.83. The van der Waals surface area contributed by atoms with E-state index in [1.54, 1.807) is 6.92 Å². The van der Waals surface area contributed by atoms with Crippen molar-refractivity contribution < 1.29 is 26.4 Å². The lowest BCUT2D eigenvalue weighted by molar-refractivity contribution is -0.137. The number of hydrazine groups is 1. The Labute approximate surface area is 193 Å². The SMILES string of the molecule is Cc1cnc(C(=O)C2CCNC3NNCC32)c(NS(=O)(=O)c2ccc(Cl)c(C(F)(F)F)c2)c1. The van der Waals surface area contributed by atoms with Crippen LogP contribution in [-0.2, 0) is 16.2 Å². The Morgan fingerprint density at radius 1 is 1.27 bits per heavy atom. The molecule has 3 atom stereocenters. The number of carbonyl (C=O) groups is 1. The molecule has 1 aromatic heterocycles. The first-order valence-corrected chi connectivity index (χ1v) is 12.0. The van der Waals surface area contributed by atoms with Gasteiger partial charge >= 0.3 is 6.18 Å². The normalized spacial score (nSPS) is 23.2. The van der Waals surface area contributed by atoms with E-state index in [2.05, 4.69) is 25.9 Å². The van der Waals surface area contributed by atoms with Gasteiger partial charge in [0.15, 0.2) is 5.78 Å². The smallest absolute Gasteiger partial charge is 0.301 e. The Kier molecular flexibility index (Phi) is 6.40. The number of piperidine rings is 1. The summed E-state index contributed by atoms with van der Waals surface area (Å²) in [5.41, 5.74) is 5.20. The van der Waals surface area contributed by atoms with Crippen LogP contribution in [0.2, 0.25) is 5.02 Å². The lowest BCUT2D eigenvalue weighted by Gasteiger charge is -2.32. The second-order valence-electron chi connectivity index (χ2n) is 8.03. The van der Waals surface area contributed by atoms with Crippen molar-refractivity contribution in [3.05, 3.63) is 52.3 Å². The van der Waals surface area contributed by atoms with E-state index in [4.69, 9.17) is 11.6 Å². The Morgan fingerprint density at radius 3 is 2.76 bits per heavy atom. The molecule has 1 aromatic carbocycles. The number of anilines is 1. The molecule has 0 aliphatic carbocycles. The monoisotopic (exact) mass is 503 g/mol. The van der Waals surface area contributed by atoms with Crippen molar-refractivity contribution in [2.45, 2.75) is 30.6 Å². The quantitative estimate of drug-likeness (QED) is 0.464. The van der Waals surface area contributed by atoms with E-state index in [1.807, 2.05) is 0 Å². The number of nitrogens with one attached hydrogen (secondary N) is 4. The van der Waals surface area contributed by atoms with E-state index >= 15 is 0 Å². The first-order chi connectivity index (χ1) is 15.5. The molecule has 3 unspecified atom stereocenters. The minimum Gasteiger partial charge on any atom is -0.301 e. The van der Waals surface area contributed by atoms with Crippen molar-refractivity contribution in [1.29, 1.82) is 0 Å². The minimum absolute atomic E-state index is 0.0654. The fourth-order valence-electron chi connectivity index (χ4n) is 4.13. The molecule has 8 nitrogen and oxygen atoms in total. The van der Waals surface area contributed by atoms with Gasteiger partial charge in [-0.15, -0.1) is 0 Å². The first kappa shape index (κ1) is 23.9. The van der Waals surface area contributed by atoms with Gasteiger partial charge in [-0.3, -0.25) is 19.9 Å². The molecule has 2 fully saturated rings. The fourth-order valence-corrected chi connectivity index (χ4v) is 5.44. The number of hydrogen-bond donors (Lipinski definition) is 4. The number of carbonyl (C=O) groups excluding carboxylic acids is 1. The maximum Gasteiger partial charge on any atom is 0.417 e. The van der Waals surface area contributed by atoms with Crippen LogP contribution in [0.15, 0.2) is 35.4 Å². The summed E-state index contributed by atoms with van der Waals surface area (Å²) in [5, 5.41) is 2.65. The van der Waals surface area contributed by atoms with Crippen molar-refractivity contribution in [2.24, 2.45) is 11.8 Å². The molecule has 2 saturated heterocycles. The number of hydrogen-bond acceptors (Lipinski definition) is 7. The van der Waals surface area contributed by atoms with E-state index in [0.717, 1.165) is 12.1 Å². The average molecular weight is 504 g/mol. The van der Waals surface area contributed by atoms with E-state index in [1.165, 1.54) is 12.3 Å². The second-order valence-corrected chi connectivity index (χ2v) is 10.1. The van der Waals surface area contributed by atoms with E-state index in [9.17, 15) is 26.4 Å². The van der Waals surface area contributed by atoms with Gasteiger partial charge < -0.3 is 5.32 Å². The zero-order valence-corrected chi connectivity index (χ0v) is 18.9. The van der Waals surface area contributed by atoms with Crippen LogP contribution in [0.5, 0.6) is 0 Å². The van der Waals surface area contributed by atoms with Crippen molar-refractivity contribution in [3.63, 3.8) is 0 Å². The van der Waals surface area contributed by atoms with Gasteiger partial charge in [-0.05, 0) is 49.7 Å². The number of Topliss-reactive ketones (excluding diaryl/α,β-unsaturated/α-hetero) is 1. The molecule has 2 aliphatic heterocycles. The highest BCUT2D eigenvalue weighted by atomic mass is 35.5. The van der Waals surface area contributed by atoms with Gasteiger partial charge in [-0.2, -0.15) is 13.2 Å². The Balaban J connectivity index is 1.68. The van der Waals surface area contributed by atoms with Crippen molar-refractivity contribution in [1.82, 2.24) is 21.2 Å². The van der Waals surface area contributed by atoms with Gasteiger partial charge in [0.1, 0.15) is 5.69 Å². The highest BCUT2D eigenvalue weighted by molar-refractivity contribution is 7.92. The number of alkyl halides is 3. The molecule has 2 aromatic rings. The third-order valence-electron chi connectivity index (χ3n) is 5.75. The highest BCUT2D eigenvalue weighted by Crippen LogP contribution is 2.36. The lowest BCUT2D eigenvalue weighted by Crippen LogP contribution is -2.51. The molecule has 178 valence electrons. The summed E-state index contributed by atoms with van der Waals surface area (Å²) in [6.45, 7) is 2.80. The molecule has 0 saturated carbocycles. The average Bonchev–Trinajstić information content (AvgIpc) is 3.21. The van der Waals surface area contributed by atoms with Crippen LogP contribution >= 0.6 is 11.6 Å². The summed E-state index contributed by atoms with van der Waals surface area (Å²) in [5.74, 6) is -0.809. The molecule has 0 amide bonds. The molecule has 33 heavy (non-hydrogen) atoms. The number of aromatic nitrogens is 1. The van der Waals surface area contributed by atoms with Crippen LogP contribution in [0.3, 0.4) is 0 Å². The van der Waals surface area contributed by atoms with Crippen molar-refractivity contribution in [2.75, 3.05) is 17.8 Å². The summed E-state index contributed by atoms with van der Waals surface area (Å²) in [7, 11) is -4.47. The van der Waals surface area contributed by atoms with Gasteiger partial charge in [0, 0.05) is 24.6 Å². The van der Waals surface area contributed by atoms with Gasteiger partial charge in [-0.1, -0.05) is 11.6 Å². The van der Waals surface area contributed by atoms with Crippen LogP contribution in [0.1, 0.15) is 28.0 Å². The predicted octanol–water partition coefficient (Wildman–Crippen LogP) is 2.71. The molecule has 4 rings (SSSR count). The lowest BCUT2D eigenvalue weighted by atomic mass is 9.80. The van der Waals surface area contributed by atoms with Crippen LogP contribution in [0.4, 0.5) is 18.9 Å². The molecule has 2 aliphatic rings. The van der Waals surface area contributed by atoms with Crippen LogP contribution in [0.25, 0.3) is 0 Å². The highest BCUT2D eigenvalue weighted by Gasteiger charge is 2.41. The summed E-state index contributed by atoms with van der Waals surface area (Å²) in [6.07, 6.45) is -2.95. The van der Waals surface area contributed by atoms with Gasteiger partial charge in [0.25, 0.3) is 10.0 Å². The number of sulfonamides is 1. The maximum absolute atomic E-state index is 13.4. The Hall–Kier alpha value is -2.25. The van der Waals surface area contributed by atoms with Crippen LogP contribution in [0, 0.1) is 18.8 Å². The molecule has 0 bridgehead atoms. The summed E-state index contributed by atoms with van der Waals surface area (Å²) >= 11 is 5.60. The van der Waals surface area contributed by atoms with E-state index < -0.39 is 37.6 Å². The van der Waals surface area contributed by atoms with E-state index in [0.29, 0.717) is 31.1 Å². The second kappa shape index (κ2) is 8.84. The molecule has 0 radical (unpaired) electrons. The Bertz CT molecular complexity index is 1190. The van der Waals surface area contributed by atoms with Gasteiger partial charge in [0.05, 0.1) is 27.3 Å². The topological polar surface area (TPSA) is 112 Å². The van der Waals surface area contributed by atoms with Crippen LogP contribution in [-0.4, -0.2) is 38.4 Å². The Morgan fingerprint density at radius 2 is 2.03 bits per heavy atom. The molecule has 4 N–H and O–H groups in total. The number of benzene rings is 1. The number of aryl methyl sites for hydroxylation is 1.